The summed E-state index contributed by atoms with van der Waals surface area (Å²) in [4.78, 5) is 30.6. The number of benzene rings is 3. The van der Waals surface area contributed by atoms with Crippen LogP contribution >= 0.6 is 11.8 Å². The van der Waals surface area contributed by atoms with Gasteiger partial charge in [0.2, 0.25) is 0 Å². The summed E-state index contributed by atoms with van der Waals surface area (Å²) >= 11 is 1.24. The zero-order valence-electron chi connectivity index (χ0n) is 15.7. The average molecular weight is 402 g/mol. The summed E-state index contributed by atoms with van der Waals surface area (Å²) in [6, 6.07) is 23.6. The first-order valence-corrected chi connectivity index (χ1v) is 10.0. The molecule has 0 aliphatic rings. The van der Waals surface area contributed by atoms with Crippen LogP contribution in [0.4, 0.5) is 0 Å². The number of Topliss-reactive ketones (excluding diaryl/α,β-unsaturated/α-hetero) is 1. The molecule has 144 valence electrons. The van der Waals surface area contributed by atoms with E-state index in [0.29, 0.717) is 33.1 Å². The number of hydrogen-bond donors (Lipinski definition) is 0. The first kappa shape index (κ1) is 19.0. The molecule has 0 saturated heterocycles. The molecule has 4 aromatic rings. The number of para-hydroxylation sites is 3. The second kappa shape index (κ2) is 8.32. The fourth-order valence-corrected chi connectivity index (χ4v) is 3.97. The van der Waals surface area contributed by atoms with Crippen molar-refractivity contribution in [2.24, 2.45) is 0 Å². The maximum absolute atomic E-state index is 13.3. The van der Waals surface area contributed by atoms with Gasteiger partial charge in [0.15, 0.2) is 10.9 Å². The number of nitrogens with zero attached hydrogens (tertiary/aromatic N) is 2. The van der Waals surface area contributed by atoms with Crippen molar-refractivity contribution < 1.29 is 9.53 Å². The summed E-state index contributed by atoms with van der Waals surface area (Å²) in [5.74, 6) is 0.705. The highest BCUT2D eigenvalue weighted by atomic mass is 32.2. The van der Waals surface area contributed by atoms with Gasteiger partial charge in [0, 0.05) is 5.56 Å². The predicted octanol–water partition coefficient (Wildman–Crippen LogP) is 4.37. The van der Waals surface area contributed by atoms with E-state index in [2.05, 4.69) is 4.98 Å². The fourth-order valence-electron chi connectivity index (χ4n) is 3.07. The van der Waals surface area contributed by atoms with Crippen molar-refractivity contribution in [3.8, 4) is 11.4 Å². The van der Waals surface area contributed by atoms with Crippen molar-refractivity contribution in [1.82, 2.24) is 9.55 Å². The Bertz CT molecular complexity index is 1240. The highest BCUT2D eigenvalue weighted by Crippen LogP contribution is 2.27. The van der Waals surface area contributed by atoms with Crippen LogP contribution in [0.1, 0.15) is 10.4 Å². The van der Waals surface area contributed by atoms with Gasteiger partial charge in [-0.15, -0.1) is 0 Å². The number of carbonyl (C=O) groups excluding carboxylic acids is 1. The van der Waals surface area contributed by atoms with Crippen LogP contribution in [-0.2, 0) is 0 Å². The molecule has 0 saturated carbocycles. The van der Waals surface area contributed by atoms with E-state index in [4.69, 9.17) is 4.74 Å². The third kappa shape index (κ3) is 3.79. The number of fused-ring (bicyclic) bond motifs is 1. The molecule has 6 heteroatoms. The Morgan fingerprint density at radius 2 is 1.66 bits per heavy atom. The highest BCUT2D eigenvalue weighted by Gasteiger charge is 2.17. The van der Waals surface area contributed by atoms with Gasteiger partial charge in [0.05, 0.1) is 29.5 Å². The second-order valence-electron chi connectivity index (χ2n) is 6.30. The lowest BCUT2D eigenvalue weighted by molar-refractivity contribution is 0.102. The smallest absolute Gasteiger partial charge is 0.266 e. The topological polar surface area (TPSA) is 61.2 Å². The molecule has 1 aromatic heterocycles. The zero-order chi connectivity index (χ0) is 20.2. The molecule has 0 aliphatic carbocycles. The van der Waals surface area contributed by atoms with E-state index in [1.165, 1.54) is 16.3 Å². The van der Waals surface area contributed by atoms with Crippen LogP contribution in [0.15, 0.2) is 88.8 Å². The number of methoxy groups -OCH3 is 1. The molecule has 0 spiro atoms. The number of hydrogen-bond acceptors (Lipinski definition) is 5. The fraction of sp³-hybridized carbons (Fsp3) is 0.0870. The van der Waals surface area contributed by atoms with Crippen molar-refractivity contribution in [2.75, 3.05) is 12.9 Å². The molecule has 5 nitrogen and oxygen atoms in total. The molecule has 4 rings (SSSR count). The van der Waals surface area contributed by atoms with Gasteiger partial charge in [-0.3, -0.25) is 14.2 Å². The van der Waals surface area contributed by atoms with Gasteiger partial charge in [-0.25, -0.2) is 4.98 Å². The van der Waals surface area contributed by atoms with Gasteiger partial charge in [0.25, 0.3) is 5.56 Å². The van der Waals surface area contributed by atoms with Crippen molar-refractivity contribution in [3.05, 3.63) is 94.8 Å². The number of ether oxygens (including phenoxy) is 1. The summed E-state index contributed by atoms with van der Waals surface area (Å²) in [6.07, 6.45) is 0. The van der Waals surface area contributed by atoms with E-state index in [1.807, 2.05) is 42.5 Å². The monoisotopic (exact) mass is 402 g/mol. The minimum Gasteiger partial charge on any atom is -0.495 e. The first-order valence-electron chi connectivity index (χ1n) is 9.05. The minimum atomic E-state index is -0.199. The maximum atomic E-state index is 13.3. The number of ketones is 1. The molecule has 1 heterocycles. The van der Waals surface area contributed by atoms with Gasteiger partial charge in [-0.1, -0.05) is 66.4 Å². The zero-order valence-corrected chi connectivity index (χ0v) is 16.6. The van der Waals surface area contributed by atoms with Crippen LogP contribution in [0.2, 0.25) is 0 Å². The third-order valence-corrected chi connectivity index (χ3v) is 5.44. The summed E-state index contributed by atoms with van der Waals surface area (Å²) in [5, 5.41) is 0.958. The third-order valence-electron chi connectivity index (χ3n) is 4.50. The Kier molecular flexibility index (Phi) is 5.44. The molecule has 0 unspecified atom stereocenters. The van der Waals surface area contributed by atoms with Crippen molar-refractivity contribution in [2.45, 2.75) is 5.16 Å². The van der Waals surface area contributed by atoms with Crippen LogP contribution in [0, 0.1) is 0 Å². The normalized spacial score (nSPS) is 10.8. The second-order valence-corrected chi connectivity index (χ2v) is 7.24. The summed E-state index contributed by atoms with van der Waals surface area (Å²) < 4.78 is 6.97. The molecule has 3 aromatic carbocycles. The van der Waals surface area contributed by atoms with Crippen LogP contribution in [0.3, 0.4) is 0 Å². The van der Waals surface area contributed by atoms with Crippen molar-refractivity contribution >= 4 is 28.4 Å². The van der Waals surface area contributed by atoms with Gasteiger partial charge in [-0.2, -0.15) is 0 Å². The van der Waals surface area contributed by atoms with Gasteiger partial charge >= 0.3 is 0 Å². The number of aromatic nitrogens is 2. The standard InChI is InChI=1S/C23H18N2O3S/c1-28-21-14-8-7-13-19(21)25-22(27)17-11-5-6-12-18(17)24-23(25)29-15-20(26)16-9-3-2-4-10-16/h2-14H,15H2,1H3. The summed E-state index contributed by atoms with van der Waals surface area (Å²) in [7, 11) is 1.56. The molecule has 29 heavy (non-hydrogen) atoms. The lowest BCUT2D eigenvalue weighted by Crippen LogP contribution is -2.22. The van der Waals surface area contributed by atoms with Crippen molar-refractivity contribution in [1.29, 1.82) is 0 Å². The summed E-state index contributed by atoms with van der Waals surface area (Å²) in [6.45, 7) is 0. The van der Waals surface area contributed by atoms with E-state index in [1.54, 1.807) is 43.5 Å². The van der Waals surface area contributed by atoms with Crippen LogP contribution < -0.4 is 10.3 Å². The van der Waals surface area contributed by atoms with Crippen molar-refractivity contribution in [3.63, 3.8) is 0 Å². The molecule has 0 N–H and O–H groups in total. The Hall–Kier alpha value is -3.38. The maximum Gasteiger partial charge on any atom is 0.266 e. The van der Waals surface area contributed by atoms with Crippen LogP contribution in [0.5, 0.6) is 5.75 Å². The van der Waals surface area contributed by atoms with E-state index < -0.39 is 0 Å². The number of thioether (sulfide) groups is 1. The molecule has 0 bridgehead atoms. The van der Waals surface area contributed by atoms with Crippen LogP contribution in [-0.4, -0.2) is 28.2 Å². The molecule has 0 amide bonds. The van der Waals surface area contributed by atoms with Gasteiger partial charge in [0.1, 0.15) is 5.75 Å². The molecule has 0 radical (unpaired) electrons. The highest BCUT2D eigenvalue weighted by molar-refractivity contribution is 7.99. The van der Waals surface area contributed by atoms with E-state index in [-0.39, 0.29) is 17.1 Å². The number of carbonyl (C=O) groups is 1. The van der Waals surface area contributed by atoms with E-state index >= 15 is 0 Å². The molecular formula is C23H18N2O3S. The number of rotatable bonds is 6. The van der Waals surface area contributed by atoms with E-state index in [9.17, 15) is 9.59 Å². The van der Waals surface area contributed by atoms with Gasteiger partial charge in [-0.05, 0) is 24.3 Å². The largest absolute Gasteiger partial charge is 0.495 e. The quantitative estimate of drug-likeness (QED) is 0.272. The summed E-state index contributed by atoms with van der Waals surface area (Å²) in [5.41, 5.74) is 1.62. The molecule has 0 aliphatic heterocycles. The Labute approximate surface area is 172 Å². The Balaban J connectivity index is 1.82. The molecular weight excluding hydrogens is 384 g/mol. The first-order chi connectivity index (χ1) is 14.2. The predicted molar refractivity (Wildman–Crippen MR) is 115 cm³/mol. The average Bonchev–Trinajstić information content (AvgIpc) is 2.78. The minimum absolute atomic E-state index is 0.0235. The SMILES string of the molecule is COc1ccccc1-n1c(SCC(=O)c2ccccc2)nc2ccccc2c1=O. The lowest BCUT2D eigenvalue weighted by Gasteiger charge is -2.15. The molecule has 0 atom stereocenters. The Morgan fingerprint density at radius 3 is 2.45 bits per heavy atom. The molecule has 0 fully saturated rings. The van der Waals surface area contributed by atoms with Crippen LogP contribution in [0.25, 0.3) is 16.6 Å². The van der Waals surface area contributed by atoms with E-state index in [0.717, 1.165) is 0 Å². The lowest BCUT2D eigenvalue weighted by atomic mass is 10.2. The van der Waals surface area contributed by atoms with Gasteiger partial charge < -0.3 is 4.74 Å². The Morgan fingerprint density at radius 1 is 0.966 bits per heavy atom.